The summed E-state index contributed by atoms with van der Waals surface area (Å²) < 4.78 is 11.3. The molecule has 2 aromatic heterocycles. The fourth-order valence-corrected chi connectivity index (χ4v) is 2.94. The monoisotopic (exact) mass is 286 g/mol. The molecule has 110 valence electrons. The zero-order valence-electron chi connectivity index (χ0n) is 12.1. The summed E-state index contributed by atoms with van der Waals surface area (Å²) in [6, 6.07) is 3.74. The highest BCUT2D eigenvalue weighted by Crippen LogP contribution is 2.39. The molecule has 0 bridgehead atoms. The van der Waals surface area contributed by atoms with E-state index in [0.29, 0.717) is 24.0 Å². The van der Waals surface area contributed by atoms with Crippen molar-refractivity contribution in [2.75, 3.05) is 6.61 Å². The number of nitrogens with one attached hydrogen (secondary N) is 1. The van der Waals surface area contributed by atoms with Crippen molar-refractivity contribution in [2.24, 2.45) is 0 Å². The molecular formula is C15H18N4O2. The first-order valence-electron chi connectivity index (χ1n) is 7.34. The van der Waals surface area contributed by atoms with Gasteiger partial charge in [0.2, 0.25) is 5.82 Å². The van der Waals surface area contributed by atoms with E-state index in [1.165, 1.54) is 6.42 Å². The van der Waals surface area contributed by atoms with Crippen molar-refractivity contribution >= 4 is 0 Å². The van der Waals surface area contributed by atoms with E-state index in [0.717, 1.165) is 31.2 Å². The maximum Gasteiger partial charge on any atom is 0.259 e. The second-order valence-electron chi connectivity index (χ2n) is 5.32. The average molecular weight is 286 g/mol. The van der Waals surface area contributed by atoms with Crippen molar-refractivity contribution in [2.45, 2.75) is 44.6 Å². The van der Waals surface area contributed by atoms with Crippen molar-refractivity contribution in [3.63, 3.8) is 0 Å². The molecule has 0 spiro atoms. The summed E-state index contributed by atoms with van der Waals surface area (Å²) >= 11 is 0. The van der Waals surface area contributed by atoms with Gasteiger partial charge in [-0.1, -0.05) is 24.4 Å². The van der Waals surface area contributed by atoms with Crippen molar-refractivity contribution in [3.8, 4) is 17.5 Å². The van der Waals surface area contributed by atoms with E-state index in [1.54, 1.807) is 12.3 Å². The molecule has 2 aromatic rings. The molecule has 0 aliphatic heterocycles. The first-order valence-corrected chi connectivity index (χ1v) is 7.34. The summed E-state index contributed by atoms with van der Waals surface area (Å²) in [4.78, 5) is 7.37. The number of rotatable bonds is 4. The number of aromatic nitrogens is 3. The number of ether oxygens (including phenoxy) is 1. The van der Waals surface area contributed by atoms with Gasteiger partial charge >= 0.3 is 0 Å². The minimum atomic E-state index is -0.414. The summed E-state index contributed by atoms with van der Waals surface area (Å²) in [6.07, 6.45) is 7.01. The van der Waals surface area contributed by atoms with Crippen LogP contribution in [0.5, 0.6) is 0 Å². The molecule has 1 N–H and O–H groups in total. The van der Waals surface area contributed by atoms with Crippen molar-refractivity contribution in [1.29, 1.82) is 5.26 Å². The van der Waals surface area contributed by atoms with Crippen LogP contribution in [0.4, 0.5) is 0 Å². The average Bonchev–Trinajstić information content (AvgIpc) is 3.17. The third kappa shape index (κ3) is 2.57. The number of hydrogen-bond acceptors (Lipinski definition) is 5. The zero-order chi connectivity index (χ0) is 14.7. The van der Waals surface area contributed by atoms with Crippen LogP contribution in [0.3, 0.4) is 0 Å². The molecule has 2 heterocycles. The highest BCUT2D eigenvalue weighted by atomic mass is 16.5. The van der Waals surface area contributed by atoms with Gasteiger partial charge in [0.25, 0.3) is 5.89 Å². The second kappa shape index (κ2) is 5.70. The molecule has 0 unspecified atom stereocenters. The largest absolute Gasteiger partial charge is 0.367 e. The lowest BCUT2D eigenvalue weighted by Gasteiger charge is -2.33. The Labute approximate surface area is 123 Å². The molecule has 3 rings (SSSR count). The fraction of sp³-hybridized carbons (Fsp3) is 0.533. The van der Waals surface area contributed by atoms with Crippen LogP contribution < -0.4 is 0 Å². The maximum absolute atomic E-state index is 8.85. The molecule has 0 atom stereocenters. The third-order valence-electron chi connectivity index (χ3n) is 3.97. The SMILES string of the molecule is CCOC1(c2noc(-c3c[nH]c(C#N)c3)n2)CCCCC1. The molecule has 1 aliphatic rings. The van der Waals surface area contributed by atoms with E-state index < -0.39 is 5.60 Å². The molecule has 1 aliphatic carbocycles. The molecule has 21 heavy (non-hydrogen) atoms. The van der Waals surface area contributed by atoms with Gasteiger partial charge in [-0.05, 0) is 25.8 Å². The highest BCUT2D eigenvalue weighted by molar-refractivity contribution is 5.54. The van der Waals surface area contributed by atoms with E-state index in [-0.39, 0.29) is 0 Å². The Balaban J connectivity index is 1.90. The minimum Gasteiger partial charge on any atom is -0.367 e. The van der Waals surface area contributed by atoms with Gasteiger partial charge in [-0.2, -0.15) is 10.2 Å². The summed E-state index contributed by atoms with van der Waals surface area (Å²) in [7, 11) is 0. The first-order chi connectivity index (χ1) is 10.3. The van der Waals surface area contributed by atoms with Crippen LogP contribution in [-0.4, -0.2) is 21.7 Å². The molecule has 0 amide bonds. The molecule has 0 saturated heterocycles. The molecule has 1 fully saturated rings. The fourth-order valence-electron chi connectivity index (χ4n) is 2.94. The minimum absolute atomic E-state index is 0.414. The molecule has 0 aromatic carbocycles. The van der Waals surface area contributed by atoms with Crippen LogP contribution in [0.15, 0.2) is 16.8 Å². The van der Waals surface area contributed by atoms with E-state index in [4.69, 9.17) is 14.5 Å². The molecule has 6 heteroatoms. The van der Waals surface area contributed by atoms with Gasteiger partial charge in [-0.3, -0.25) is 0 Å². The highest BCUT2D eigenvalue weighted by Gasteiger charge is 2.39. The topological polar surface area (TPSA) is 87.7 Å². The van der Waals surface area contributed by atoms with Crippen molar-refractivity contribution in [1.82, 2.24) is 15.1 Å². The lowest BCUT2D eigenvalue weighted by atomic mass is 9.84. The zero-order valence-corrected chi connectivity index (χ0v) is 12.1. The van der Waals surface area contributed by atoms with Gasteiger partial charge in [0.1, 0.15) is 17.4 Å². The Kier molecular flexibility index (Phi) is 3.76. The third-order valence-corrected chi connectivity index (χ3v) is 3.97. The molecule has 1 saturated carbocycles. The quantitative estimate of drug-likeness (QED) is 0.932. The van der Waals surface area contributed by atoms with Gasteiger partial charge in [-0.15, -0.1) is 0 Å². The molecule has 0 radical (unpaired) electrons. The number of nitriles is 1. The normalized spacial score (nSPS) is 17.5. The van der Waals surface area contributed by atoms with Crippen LogP contribution in [0.25, 0.3) is 11.5 Å². The van der Waals surface area contributed by atoms with Crippen LogP contribution in [0.1, 0.15) is 50.5 Å². The van der Waals surface area contributed by atoms with Gasteiger partial charge in [0.15, 0.2) is 0 Å². The van der Waals surface area contributed by atoms with Gasteiger partial charge in [-0.25, -0.2) is 0 Å². The van der Waals surface area contributed by atoms with Crippen molar-refractivity contribution < 1.29 is 9.26 Å². The molecule has 6 nitrogen and oxygen atoms in total. The smallest absolute Gasteiger partial charge is 0.259 e. The second-order valence-corrected chi connectivity index (χ2v) is 5.32. The standard InChI is InChI=1S/C15H18N4O2/c1-2-20-15(6-4-3-5-7-15)14-18-13(21-19-14)11-8-12(9-16)17-10-11/h8,10,17H,2-7H2,1H3. The number of hydrogen-bond donors (Lipinski definition) is 1. The Hall–Kier alpha value is -2.13. The van der Waals surface area contributed by atoms with Crippen molar-refractivity contribution in [3.05, 3.63) is 23.8 Å². The Morgan fingerprint density at radius 3 is 2.90 bits per heavy atom. The van der Waals surface area contributed by atoms with E-state index in [2.05, 4.69) is 15.1 Å². The van der Waals surface area contributed by atoms with Gasteiger partial charge < -0.3 is 14.2 Å². The van der Waals surface area contributed by atoms with Crippen LogP contribution in [0.2, 0.25) is 0 Å². The number of aromatic amines is 1. The number of H-pyrrole nitrogens is 1. The predicted molar refractivity (Wildman–Crippen MR) is 75.2 cm³/mol. The lowest BCUT2D eigenvalue weighted by Crippen LogP contribution is -2.33. The van der Waals surface area contributed by atoms with E-state index in [1.807, 2.05) is 13.0 Å². The number of nitrogens with zero attached hydrogens (tertiary/aromatic N) is 3. The van der Waals surface area contributed by atoms with E-state index >= 15 is 0 Å². The summed E-state index contributed by atoms with van der Waals surface area (Å²) in [6.45, 7) is 2.62. The Morgan fingerprint density at radius 2 is 2.24 bits per heavy atom. The van der Waals surface area contributed by atoms with Gasteiger partial charge in [0.05, 0.1) is 5.56 Å². The summed E-state index contributed by atoms with van der Waals surface area (Å²) in [5.41, 5.74) is 0.790. The van der Waals surface area contributed by atoms with Gasteiger partial charge in [0, 0.05) is 12.8 Å². The summed E-state index contributed by atoms with van der Waals surface area (Å²) in [5.74, 6) is 1.05. The molecular weight excluding hydrogens is 268 g/mol. The van der Waals surface area contributed by atoms with Crippen LogP contribution in [-0.2, 0) is 10.3 Å². The maximum atomic E-state index is 8.85. The predicted octanol–water partition coefficient (Wildman–Crippen LogP) is 3.13. The summed E-state index contributed by atoms with van der Waals surface area (Å²) in [5, 5.41) is 13.0. The lowest BCUT2D eigenvalue weighted by molar-refractivity contribution is -0.0777. The van der Waals surface area contributed by atoms with E-state index in [9.17, 15) is 0 Å². The first kappa shape index (κ1) is 13.8. The van der Waals surface area contributed by atoms with Crippen LogP contribution >= 0.6 is 0 Å². The Morgan fingerprint density at radius 1 is 1.43 bits per heavy atom. The Bertz CT molecular complexity index is 641. The van der Waals surface area contributed by atoms with Crippen LogP contribution in [0, 0.1) is 11.3 Å².